The number of urea groups is 1. The molecule has 0 saturated heterocycles. The predicted molar refractivity (Wildman–Crippen MR) is 90.8 cm³/mol. The maximum absolute atomic E-state index is 12.0. The van der Waals surface area contributed by atoms with E-state index in [1.165, 1.54) is 11.8 Å². The van der Waals surface area contributed by atoms with E-state index in [1.54, 1.807) is 20.0 Å². The van der Waals surface area contributed by atoms with Gasteiger partial charge in [-0.25, -0.2) is 9.78 Å². The van der Waals surface area contributed by atoms with E-state index in [0.717, 1.165) is 11.3 Å². The molecule has 2 aromatic rings. The average molecular weight is 332 g/mol. The van der Waals surface area contributed by atoms with Crippen LogP contribution >= 0.6 is 11.8 Å². The van der Waals surface area contributed by atoms with Crippen LogP contribution in [-0.4, -0.2) is 33.3 Å². The van der Waals surface area contributed by atoms with Crippen LogP contribution in [0.4, 0.5) is 4.79 Å². The van der Waals surface area contributed by atoms with Crippen LogP contribution in [0.5, 0.6) is 0 Å². The van der Waals surface area contributed by atoms with Crippen LogP contribution in [0, 0.1) is 6.92 Å². The fourth-order valence-electron chi connectivity index (χ4n) is 1.98. The summed E-state index contributed by atoms with van der Waals surface area (Å²) in [7, 11) is 0. The third-order valence-electron chi connectivity index (χ3n) is 3.11. The highest BCUT2D eigenvalue weighted by Gasteiger charge is 2.19. The van der Waals surface area contributed by atoms with Crippen LogP contribution < -0.4 is 10.6 Å². The molecule has 122 valence electrons. The van der Waals surface area contributed by atoms with Gasteiger partial charge >= 0.3 is 6.03 Å². The van der Waals surface area contributed by atoms with Crippen LogP contribution in [0.15, 0.2) is 41.8 Å². The molecular weight excluding hydrogens is 312 g/mol. The highest BCUT2D eigenvalue weighted by atomic mass is 32.2. The molecule has 7 heteroatoms. The normalized spacial score (nSPS) is 11.8. The lowest BCUT2D eigenvalue weighted by atomic mass is 10.2. The topological polar surface area (TPSA) is 76.0 Å². The van der Waals surface area contributed by atoms with Crippen molar-refractivity contribution in [2.75, 3.05) is 6.54 Å². The minimum absolute atomic E-state index is 0.347. The number of aromatic nitrogens is 2. The van der Waals surface area contributed by atoms with Crippen LogP contribution in [0.1, 0.15) is 19.4 Å². The van der Waals surface area contributed by atoms with Crippen molar-refractivity contribution in [2.24, 2.45) is 0 Å². The Morgan fingerprint density at radius 3 is 2.87 bits per heavy atom. The number of imidazole rings is 1. The Labute approximate surface area is 139 Å². The smallest absolute Gasteiger partial charge is 0.321 e. The van der Waals surface area contributed by atoms with E-state index in [2.05, 4.69) is 15.6 Å². The number of aryl methyl sites for hydroxylation is 1. The van der Waals surface area contributed by atoms with Crippen LogP contribution in [0.2, 0.25) is 0 Å². The average Bonchev–Trinajstić information content (AvgIpc) is 2.95. The number of benzene rings is 1. The predicted octanol–water partition coefficient (Wildman–Crippen LogP) is 2.51. The molecule has 0 aliphatic carbocycles. The first kappa shape index (κ1) is 17.1. The lowest BCUT2D eigenvalue weighted by molar-refractivity contribution is -0.119. The van der Waals surface area contributed by atoms with E-state index in [-0.39, 0.29) is 5.91 Å². The zero-order chi connectivity index (χ0) is 16.8. The maximum atomic E-state index is 12.0. The maximum Gasteiger partial charge on any atom is 0.321 e. The number of nitrogens with zero attached hydrogens (tertiary/aromatic N) is 2. The van der Waals surface area contributed by atoms with E-state index in [0.29, 0.717) is 11.7 Å². The summed E-state index contributed by atoms with van der Waals surface area (Å²) in [5, 5.41) is 5.11. The molecule has 1 heterocycles. The molecule has 1 atom stereocenters. The Bertz CT molecular complexity index is 699. The molecule has 23 heavy (non-hydrogen) atoms. The van der Waals surface area contributed by atoms with Gasteiger partial charge in [-0.15, -0.1) is 0 Å². The number of thioether (sulfide) groups is 1. The first-order valence-electron chi connectivity index (χ1n) is 7.37. The second-order valence-electron chi connectivity index (χ2n) is 5.03. The minimum Gasteiger partial charge on any atom is -0.338 e. The zero-order valence-electron chi connectivity index (χ0n) is 13.4. The molecule has 1 unspecified atom stereocenters. The molecule has 0 fully saturated rings. The van der Waals surface area contributed by atoms with Gasteiger partial charge in [-0.1, -0.05) is 23.9 Å². The van der Waals surface area contributed by atoms with Gasteiger partial charge in [-0.3, -0.25) is 14.7 Å². The van der Waals surface area contributed by atoms with Crippen molar-refractivity contribution >= 4 is 23.7 Å². The van der Waals surface area contributed by atoms with Crippen molar-refractivity contribution in [2.45, 2.75) is 31.2 Å². The first-order valence-corrected chi connectivity index (χ1v) is 8.25. The van der Waals surface area contributed by atoms with Crippen molar-refractivity contribution < 1.29 is 9.59 Å². The van der Waals surface area contributed by atoms with Crippen LogP contribution in [0.3, 0.4) is 0 Å². The molecule has 0 aliphatic heterocycles. The summed E-state index contributed by atoms with van der Waals surface area (Å²) < 4.78 is 1.92. The highest BCUT2D eigenvalue weighted by molar-refractivity contribution is 8.00. The fourth-order valence-corrected chi connectivity index (χ4v) is 2.86. The highest BCUT2D eigenvalue weighted by Crippen LogP contribution is 2.24. The van der Waals surface area contributed by atoms with Gasteiger partial charge in [0.25, 0.3) is 0 Å². The number of carbonyl (C=O) groups is 2. The second-order valence-corrected chi connectivity index (χ2v) is 6.34. The number of amides is 3. The number of imide groups is 1. The van der Waals surface area contributed by atoms with E-state index >= 15 is 0 Å². The quantitative estimate of drug-likeness (QED) is 0.825. The Kier molecular flexibility index (Phi) is 5.81. The van der Waals surface area contributed by atoms with Crippen molar-refractivity contribution in [3.63, 3.8) is 0 Å². The molecule has 2 rings (SSSR count). The van der Waals surface area contributed by atoms with Crippen molar-refractivity contribution in [1.82, 2.24) is 20.2 Å². The lowest BCUT2D eigenvalue weighted by Gasteiger charge is -2.13. The van der Waals surface area contributed by atoms with Crippen molar-refractivity contribution in [3.8, 4) is 5.69 Å². The lowest BCUT2D eigenvalue weighted by Crippen LogP contribution is -2.42. The molecular formula is C16H20N4O2S. The van der Waals surface area contributed by atoms with Crippen molar-refractivity contribution in [1.29, 1.82) is 0 Å². The fraction of sp³-hybridized carbons (Fsp3) is 0.312. The Hall–Kier alpha value is -2.28. The van der Waals surface area contributed by atoms with Gasteiger partial charge in [0.2, 0.25) is 5.91 Å². The van der Waals surface area contributed by atoms with Gasteiger partial charge in [-0.05, 0) is 38.5 Å². The molecule has 1 aromatic carbocycles. The largest absolute Gasteiger partial charge is 0.338 e. The monoisotopic (exact) mass is 332 g/mol. The van der Waals surface area contributed by atoms with E-state index in [4.69, 9.17) is 0 Å². The summed E-state index contributed by atoms with van der Waals surface area (Å²) in [5.74, 6) is -0.347. The SMILES string of the molecule is CCNC(=O)NC(=O)C(C)Sc1nccn1-c1cccc(C)c1. The summed E-state index contributed by atoms with van der Waals surface area (Å²) in [6, 6.07) is 7.55. The van der Waals surface area contributed by atoms with Crippen LogP contribution in [0.25, 0.3) is 5.69 Å². The summed E-state index contributed by atoms with van der Waals surface area (Å²) >= 11 is 1.31. The molecule has 2 N–H and O–H groups in total. The summed E-state index contributed by atoms with van der Waals surface area (Å²) in [5.41, 5.74) is 2.13. The Morgan fingerprint density at radius 2 is 2.17 bits per heavy atom. The van der Waals surface area contributed by atoms with Crippen molar-refractivity contribution in [3.05, 3.63) is 42.2 Å². The molecule has 6 nitrogen and oxygen atoms in total. The van der Waals surface area contributed by atoms with Gasteiger partial charge in [-0.2, -0.15) is 0 Å². The number of hydrogen-bond donors (Lipinski definition) is 2. The molecule has 0 aliphatic rings. The third-order valence-corrected chi connectivity index (χ3v) is 4.19. The van der Waals surface area contributed by atoms with Gasteiger partial charge in [0, 0.05) is 24.6 Å². The zero-order valence-corrected chi connectivity index (χ0v) is 14.2. The Morgan fingerprint density at radius 1 is 1.39 bits per heavy atom. The Balaban J connectivity index is 2.08. The van der Waals surface area contributed by atoms with Crippen LogP contribution in [-0.2, 0) is 4.79 Å². The molecule has 1 aromatic heterocycles. The molecule has 0 saturated carbocycles. The molecule has 0 spiro atoms. The first-order chi connectivity index (χ1) is 11.0. The standard InChI is InChI=1S/C16H20N4O2S/c1-4-17-15(22)19-14(21)12(3)23-16-18-8-9-20(16)13-7-5-6-11(2)10-13/h5-10,12H,4H2,1-3H3,(H2,17,19,21,22). The molecule has 3 amide bonds. The minimum atomic E-state index is -0.480. The summed E-state index contributed by atoms with van der Waals surface area (Å²) in [6.45, 7) is 6.03. The molecule has 0 bridgehead atoms. The van der Waals surface area contributed by atoms with Gasteiger partial charge < -0.3 is 5.32 Å². The van der Waals surface area contributed by atoms with Gasteiger partial charge in [0.15, 0.2) is 5.16 Å². The summed E-state index contributed by atoms with van der Waals surface area (Å²) in [6.07, 6.45) is 3.55. The number of nitrogens with one attached hydrogen (secondary N) is 2. The third kappa shape index (κ3) is 4.59. The number of rotatable bonds is 5. The van der Waals surface area contributed by atoms with E-state index in [1.807, 2.05) is 42.0 Å². The van der Waals surface area contributed by atoms with E-state index < -0.39 is 11.3 Å². The van der Waals surface area contributed by atoms with Gasteiger partial charge in [0.05, 0.1) is 5.25 Å². The van der Waals surface area contributed by atoms with E-state index in [9.17, 15) is 9.59 Å². The molecule has 0 radical (unpaired) electrons. The number of carbonyl (C=O) groups excluding carboxylic acids is 2. The number of hydrogen-bond acceptors (Lipinski definition) is 4. The second kappa shape index (κ2) is 7.82. The van der Waals surface area contributed by atoms with Gasteiger partial charge in [0.1, 0.15) is 0 Å². The summed E-state index contributed by atoms with van der Waals surface area (Å²) in [4.78, 5) is 27.7.